The summed E-state index contributed by atoms with van der Waals surface area (Å²) >= 11 is 1.44. The number of hydrogen-bond donors (Lipinski definition) is 0. The van der Waals surface area contributed by atoms with Gasteiger partial charge in [0, 0.05) is 11.5 Å². The van der Waals surface area contributed by atoms with Gasteiger partial charge in [-0.25, -0.2) is 4.98 Å². The van der Waals surface area contributed by atoms with Crippen LogP contribution in [-0.4, -0.2) is 24.1 Å². The maximum absolute atomic E-state index is 13.0. The summed E-state index contributed by atoms with van der Waals surface area (Å²) in [7, 11) is 0. The minimum Gasteiger partial charge on any atom is -0.486 e. The lowest BCUT2D eigenvalue weighted by atomic mass is 10.1. The first-order valence-corrected chi connectivity index (χ1v) is 9.48. The van der Waals surface area contributed by atoms with E-state index >= 15 is 0 Å². The summed E-state index contributed by atoms with van der Waals surface area (Å²) in [5.74, 6) is 1.27. The molecule has 0 N–H and O–H groups in total. The Labute approximate surface area is 161 Å². The molecule has 3 aromatic rings. The van der Waals surface area contributed by atoms with Crippen molar-refractivity contribution in [3.8, 4) is 11.5 Å². The van der Waals surface area contributed by atoms with Crippen LogP contribution in [0.25, 0.3) is 6.08 Å². The van der Waals surface area contributed by atoms with E-state index in [-0.39, 0.29) is 5.91 Å². The van der Waals surface area contributed by atoms with Crippen molar-refractivity contribution in [3.63, 3.8) is 0 Å². The minimum absolute atomic E-state index is 0.162. The molecule has 1 amide bonds. The fraction of sp³-hybridized carbons (Fsp3) is 0.143. The first-order chi connectivity index (χ1) is 13.2. The van der Waals surface area contributed by atoms with Crippen LogP contribution < -0.4 is 14.4 Å². The van der Waals surface area contributed by atoms with Crippen molar-refractivity contribution in [2.45, 2.75) is 6.92 Å². The van der Waals surface area contributed by atoms with Crippen LogP contribution in [0.5, 0.6) is 11.5 Å². The van der Waals surface area contributed by atoms with Gasteiger partial charge in [0.1, 0.15) is 13.2 Å². The lowest BCUT2D eigenvalue weighted by Gasteiger charge is -2.19. The van der Waals surface area contributed by atoms with Gasteiger partial charge in [0.15, 0.2) is 16.6 Å². The van der Waals surface area contributed by atoms with E-state index in [9.17, 15) is 4.79 Å². The van der Waals surface area contributed by atoms with E-state index in [2.05, 4.69) is 4.98 Å². The summed E-state index contributed by atoms with van der Waals surface area (Å²) in [5, 5.41) is 2.58. The molecule has 0 fully saturated rings. The Kier molecular flexibility index (Phi) is 4.89. The number of nitrogens with zero attached hydrogens (tertiary/aromatic N) is 2. The number of aryl methyl sites for hydroxylation is 1. The number of anilines is 2. The van der Waals surface area contributed by atoms with E-state index in [0.717, 1.165) is 22.7 Å². The van der Waals surface area contributed by atoms with Crippen LogP contribution in [-0.2, 0) is 4.79 Å². The third kappa shape index (κ3) is 3.85. The number of fused-ring (bicyclic) bond motifs is 1. The Morgan fingerprint density at radius 2 is 1.89 bits per heavy atom. The number of aromatic nitrogens is 1. The zero-order chi connectivity index (χ0) is 18.6. The highest BCUT2D eigenvalue weighted by atomic mass is 32.1. The third-order valence-electron chi connectivity index (χ3n) is 4.02. The first-order valence-electron chi connectivity index (χ1n) is 8.60. The Morgan fingerprint density at radius 3 is 2.63 bits per heavy atom. The molecular weight excluding hydrogens is 360 g/mol. The molecule has 27 heavy (non-hydrogen) atoms. The molecule has 0 aliphatic carbocycles. The molecule has 0 atom stereocenters. The Hall–Kier alpha value is -3.12. The summed E-state index contributed by atoms with van der Waals surface area (Å²) in [5.41, 5.74) is 2.54. The van der Waals surface area contributed by atoms with Crippen LogP contribution in [0.3, 0.4) is 0 Å². The number of benzene rings is 2. The minimum atomic E-state index is -0.162. The third-order valence-corrected chi connectivity index (χ3v) is 4.96. The highest BCUT2D eigenvalue weighted by Gasteiger charge is 2.19. The first kappa shape index (κ1) is 17.3. The second kappa shape index (κ2) is 7.63. The average Bonchev–Trinajstić information content (AvgIpc) is 3.13. The van der Waals surface area contributed by atoms with Crippen LogP contribution >= 0.6 is 11.3 Å². The summed E-state index contributed by atoms with van der Waals surface area (Å²) in [6.45, 7) is 3.00. The van der Waals surface area contributed by atoms with Gasteiger partial charge in [-0.05, 0) is 42.8 Å². The van der Waals surface area contributed by atoms with E-state index in [1.165, 1.54) is 11.3 Å². The van der Waals surface area contributed by atoms with Crippen molar-refractivity contribution in [3.05, 3.63) is 71.2 Å². The number of para-hydroxylation sites is 1. The molecule has 1 aliphatic heterocycles. The second-order valence-corrected chi connectivity index (χ2v) is 6.85. The quantitative estimate of drug-likeness (QED) is 0.623. The molecule has 0 saturated carbocycles. The van der Waals surface area contributed by atoms with Crippen LogP contribution in [0.2, 0.25) is 0 Å². The van der Waals surface area contributed by atoms with Crippen molar-refractivity contribution in [1.29, 1.82) is 0 Å². The van der Waals surface area contributed by atoms with Gasteiger partial charge in [-0.1, -0.05) is 24.3 Å². The predicted octanol–water partition coefficient (Wildman–Crippen LogP) is 4.60. The van der Waals surface area contributed by atoms with Crippen LogP contribution in [0, 0.1) is 6.92 Å². The van der Waals surface area contributed by atoms with Crippen LogP contribution in [0.1, 0.15) is 11.3 Å². The zero-order valence-corrected chi connectivity index (χ0v) is 15.6. The molecule has 0 spiro atoms. The van der Waals surface area contributed by atoms with Gasteiger partial charge in [0.2, 0.25) is 0 Å². The largest absolute Gasteiger partial charge is 0.486 e. The highest BCUT2D eigenvalue weighted by molar-refractivity contribution is 7.14. The second-order valence-electron chi connectivity index (χ2n) is 6.02. The standard InChI is InChI=1S/C21H18N2O3S/c1-15-14-27-21(22-15)23(17-5-3-2-4-6-17)20(24)10-8-16-7-9-18-19(13-16)26-12-11-25-18/h2-10,13-14H,11-12H2,1H3/b10-8+. The number of ether oxygens (including phenoxy) is 2. The fourth-order valence-corrected chi connectivity index (χ4v) is 3.59. The molecule has 5 nitrogen and oxygen atoms in total. The molecular formula is C21H18N2O3S. The smallest absolute Gasteiger partial charge is 0.257 e. The van der Waals surface area contributed by atoms with E-state index in [0.29, 0.717) is 24.1 Å². The number of thiazole rings is 1. The number of hydrogen-bond acceptors (Lipinski definition) is 5. The monoisotopic (exact) mass is 378 g/mol. The van der Waals surface area contributed by atoms with Crippen molar-refractivity contribution in [2.24, 2.45) is 0 Å². The summed E-state index contributed by atoms with van der Waals surface area (Å²) in [6.07, 6.45) is 3.33. The van der Waals surface area contributed by atoms with Crippen LogP contribution in [0.15, 0.2) is 60.0 Å². The Morgan fingerprint density at radius 1 is 1.11 bits per heavy atom. The molecule has 0 radical (unpaired) electrons. The van der Waals surface area contributed by atoms with Gasteiger partial charge in [0.05, 0.1) is 11.4 Å². The molecule has 0 saturated heterocycles. The number of carbonyl (C=O) groups excluding carboxylic acids is 1. The number of carbonyl (C=O) groups is 1. The fourth-order valence-electron chi connectivity index (χ4n) is 2.76. The Bertz CT molecular complexity index is 982. The van der Waals surface area contributed by atoms with Crippen molar-refractivity contribution >= 4 is 34.1 Å². The summed E-state index contributed by atoms with van der Waals surface area (Å²) in [6, 6.07) is 15.2. The van der Waals surface area contributed by atoms with E-state index in [4.69, 9.17) is 9.47 Å². The number of amides is 1. The zero-order valence-electron chi connectivity index (χ0n) is 14.8. The van der Waals surface area contributed by atoms with Crippen LogP contribution in [0.4, 0.5) is 10.8 Å². The number of rotatable bonds is 4. The SMILES string of the molecule is Cc1csc(N(C(=O)/C=C/c2ccc3c(c2)OCCO3)c2ccccc2)n1. The topological polar surface area (TPSA) is 51.7 Å². The van der Waals surface area contributed by atoms with E-state index in [1.54, 1.807) is 17.1 Å². The average molecular weight is 378 g/mol. The maximum Gasteiger partial charge on any atom is 0.257 e. The van der Waals surface area contributed by atoms with Crippen molar-refractivity contribution in [2.75, 3.05) is 18.1 Å². The van der Waals surface area contributed by atoms with Gasteiger partial charge < -0.3 is 9.47 Å². The van der Waals surface area contributed by atoms with E-state index in [1.807, 2.05) is 60.8 Å². The van der Waals surface area contributed by atoms with Crippen molar-refractivity contribution < 1.29 is 14.3 Å². The molecule has 2 heterocycles. The van der Waals surface area contributed by atoms with Gasteiger partial charge in [-0.15, -0.1) is 11.3 Å². The molecule has 4 rings (SSSR count). The molecule has 2 aromatic carbocycles. The summed E-state index contributed by atoms with van der Waals surface area (Å²) in [4.78, 5) is 19.1. The lowest BCUT2D eigenvalue weighted by Crippen LogP contribution is -2.23. The van der Waals surface area contributed by atoms with Gasteiger partial charge in [0.25, 0.3) is 5.91 Å². The maximum atomic E-state index is 13.0. The molecule has 0 unspecified atom stereocenters. The molecule has 6 heteroatoms. The van der Waals surface area contributed by atoms with E-state index < -0.39 is 0 Å². The predicted molar refractivity (Wildman–Crippen MR) is 107 cm³/mol. The Balaban J connectivity index is 1.61. The lowest BCUT2D eigenvalue weighted by molar-refractivity contribution is -0.113. The highest BCUT2D eigenvalue weighted by Crippen LogP contribution is 2.32. The van der Waals surface area contributed by atoms with Gasteiger partial charge >= 0.3 is 0 Å². The van der Waals surface area contributed by atoms with Gasteiger partial charge in [-0.2, -0.15) is 0 Å². The molecule has 136 valence electrons. The normalized spacial score (nSPS) is 12.9. The van der Waals surface area contributed by atoms with Gasteiger partial charge in [-0.3, -0.25) is 9.69 Å². The molecule has 1 aliphatic rings. The molecule has 0 bridgehead atoms. The van der Waals surface area contributed by atoms with Crippen molar-refractivity contribution in [1.82, 2.24) is 4.98 Å². The summed E-state index contributed by atoms with van der Waals surface area (Å²) < 4.78 is 11.1. The molecule has 1 aromatic heterocycles.